The van der Waals surface area contributed by atoms with Gasteiger partial charge in [-0.2, -0.15) is 0 Å². The van der Waals surface area contributed by atoms with Crippen LogP contribution in [-0.2, 0) is 4.79 Å². The van der Waals surface area contributed by atoms with Crippen LogP contribution in [0.15, 0.2) is 42.7 Å². The number of amides is 1. The summed E-state index contributed by atoms with van der Waals surface area (Å²) in [5.41, 5.74) is 0.776. The molecule has 1 fully saturated rings. The van der Waals surface area contributed by atoms with E-state index in [9.17, 15) is 9.18 Å². The van der Waals surface area contributed by atoms with Crippen LogP contribution in [0.4, 0.5) is 10.3 Å². The fourth-order valence-corrected chi connectivity index (χ4v) is 2.99. The highest BCUT2D eigenvalue weighted by molar-refractivity contribution is 5.79. The van der Waals surface area contributed by atoms with Crippen LogP contribution >= 0.6 is 0 Å². The number of nitrogens with zero attached hydrogens (tertiary/aromatic N) is 3. The molecule has 0 aliphatic carbocycles. The van der Waals surface area contributed by atoms with Crippen molar-refractivity contribution >= 4 is 11.9 Å². The molecule has 0 bridgehead atoms. The molecule has 1 saturated heterocycles. The minimum atomic E-state index is -0.287. The Morgan fingerprint density at radius 3 is 2.62 bits per heavy atom. The van der Waals surface area contributed by atoms with Crippen molar-refractivity contribution in [2.75, 3.05) is 18.0 Å². The van der Waals surface area contributed by atoms with E-state index in [1.165, 1.54) is 12.1 Å². The molecule has 0 saturated carbocycles. The molecule has 1 aliphatic rings. The van der Waals surface area contributed by atoms with Crippen molar-refractivity contribution in [1.29, 1.82) is 0 Å². The molecule has 0 spiro atoms. The van der Waals surface area contributed by atoms with E-state index in [-0.39, 0.29) is 23.7 Å². The topological polar surface area (TPSA) is 58.1 Å². The molecule has 2 aromatic rings. The molecule has 3 rings (SSSR count). The van der Waals surface area contributed by atoms with E-state index in [1.54, 1.807) is 24.5 Å². The van der Waals surface area contributed by atoms with Crippen LogP contribution in [0.5, 0.6) is 0 Å². The fraction of sp³-hybridized carbons (Fsp3) is 0.389. The Labute approximate surface area is 140 Å². The smallest absolute Gasteiger partial charge is 0.225 e. The molecule has 1 aromatic carbocycles. The van der Waals surface area contributed by atoms with Crippen LogP contribution in [0.3, 0.4) is 0 Å². The Hall–Kier alpha value is -2.50. The number of anilines is 1. The molecule has 2 heterocycles. The van der Waals surface area contributed by atoms with Crippen LogP contribution in [0, 0.1) is 11.7 Å². The second-order valence-corrected chi connectivity index (χ2v) is 6.10. The summed E-state index contributed by atoms with van der Waals surface area (Å²) in [5, 5.41) is 2.99. The third kappa shape index (κ3) is 3.88. The van der Waals surface area contributed by atoms with Crippen molar-refractivity contribution in [3.05, 3.63) is 54.1 Å². The minimum Gasteiger partial charge on any atom is -0.349 e. The Kier molecular flexibility index (Phi) is 5.03. The predicted molar refractivity (Wildman–Crippen MR) is 89.9 cm³/mol. The molecule has 1 N–H and O–H groups in total. The second kappa shape index (κ2) is 7.38. The number of carbonyl (C=O) groups is 1. The zero-order chi connectivity index (χ0) is 16.9. The van der Waals surface area contributed by atoms with Crippen molar-refractivity contribution in [3.63, 3.8) is 0 Å². The molecule has 1 aromatic heterocycles. The van der Waals surface area contributed by atoms with Gasteiger partial charge in [-0.15, -0.1) is 0 Å². The maximum atomic E-state index is 13.3. The average Bonchev–Trinajstić information content (AvgIpc) is 2.62. The highest BCUT2D eigenvalue weighted by atomic mass is 19.1. The maximum absolute atomic E-state index is 13.3. The maximum Gasteiger partial charge on any atom is 0.225 e. The first kappa shape index (κ1) is 16.4. The first-order chi connectivity index (χ1) is 11.6. The summed E-state index contributed by atoms with van der Waals surface area (Å²) >= 11 is 0. The van der Waals surface area contributed by atoms with E-state index in [1.807, 2.05) is 13.0 Å². The lowest BCUT2D eigenvalue weighted by molar-refractivity contribution is -0.126. The van der Waals surface area contributed by atoms with Crippen LogP contribution < -0.4 is 10.2 Å². The van der Waals surface area contributed by atoms with Gasteiger partial charge < -0.3 is 10.2 Å². The highest BCUT2D eigenvalue weighted by Crippen LogP contribution is 2.22. The summed E-state index contributed by atoms with van der Waals surface area (Å²) in [6, 6.07) is 7.93. The van der Waals surface area contributed by atoms with Gasteiger partial charge in [0, 0.05) is 31.4 Å². The molecule has 1 atom stereocenters. The predicted octanol–water partition coefficient (Wildman–Crippen LogP) is 2.71. The van der Waals surface area contributed by atoms with Crippen LogP contribution in [0.1, 0.15) is 31.4 Å². The van der Waals surface area contributed by atoms with Crippen molar-refractivity contribution < 1.29 is 9.18 Å². The lowest BCUT2D eigenvalue weighted by Crippen LogP contribution is -2.41. The number of carbonyl (C=O) groups excluding carboxylic acids is 1. The normalized spacial score (nSPS) is 16.7. The van der Waals surface area contributed by atoms with Crippen LogP contribution in [0.25, 0.3) is 0 Å². The first-order valence-electron chi connectivity index (χ1n) is 8.21. The van der Waals surface area contributed by atoms with E-state index in [4.69, 9.17) is 0 Å². The van der Waals surface area contributed by atoms with Crippen molar-refractivity contribution in [3.8, 4) is 0 Å². The Bertz CT molecular complexity index is 686. The van der Waals surface area contributed by atoms with Gasteiger partial charge in [0.05, 0.1) is 6.04 Å². The largest absolute Gasteiger partial charge is 0.349 e. The average molecular weight is 328 g/mol. The zero-order valence-corrected chi connectivity index (χ0v) is 13.7. The number of nitrogens with one attached hydrogen (secondary N) is 1. The molecule has 5 nitrogen and oxygen atoms in total. The quantitative estimate of drug-likeness (QED) is 0.937. The Morgan fingerprint density at radius 2 is 1.96 bits per heavy atom. The van der Waals surface area contributed by atoms with Gasteiger partial charge in [-0.1, -0.05) is 12.1 Å². The number of halogens is 1. The van der Waals surface area contributed by atoms with Gasteiger partial charge in [-0.3, -0.25) is 4.79 Å². The van der Waals surface area contributed by atoms with E-state index >= 15 is 0 Å². The molecule has 1 unspecified atom stereocenters. The number of hydrogen-bond acceptors (Lipinski definition) is 4. The number of hydrogen-bond donors (Lipinski definition) is 1. The molecular formula is C18H21FN4O. The number of aromatic nitrogens is 2. The zero-order valence-electron chi connectivity index (χ0n) is 13.7. The lowest BCUT2D eigenvalue weighted by Gasteiger charge is -2.31. The SMILES string of the molecule is CC(NC(=O)C1CCN(c2ncccn2)CC1)c1cccc(F)c1. The van der Waals surface area contributed by atoms with Crippen molar-refractivity contribution in [2.45, 2.75) is 25.8 Å². The Balaban J connectivity index is 1.54. The summed E-state index contributed by atoms with van der Waals surface area (Å²) in [7, 11) is 0. The molecule has 126 valence electrons. The highest BCUT2D eigenvalue weighted by Gasteiger charge is 2.26. The lowest BCUT2D eigenvalue weighted by atomic mass is 9.95. The van der Waals surface area contributed by atoms with Gasteiger partial charge in [0.25, 0.3) is 0 Å². The number of benzene rings is 1. The van der Waals surface area contributed by atoms with Crippen molar-refractivity contribution in [1.82, 2.24) is 15.3 Å². The van der Waals surface area contributed by atoms with E-state index in [0.717, 1.165) is 31.5 Å². The molecule has 24 heavy (non-hydrogen) atoms. The molecular weight excluding hydrogens is 307 g/mol. The first-order valence-corrected chi connectivity index (χ1v) is 8.21. The van der Waals surface area contributed by atoms with E-state index in [0.29, 0.717) is 5.95 Å². The third-order valence-corrected chi connectivity index (χ3v) is 4.41. The van der Waals surface area contributed by atoms with Gasteiger partial charge in [0.2, 0.25) is 11.9 Å². The molecule has 6 heteroatoms. The summed E-state index contributed by atoms with van der Waals surface area (Å²) < 4.78 is 13.3. The molecule has 1 amide bonds. The minimum absolute atomic E-state index is 0.0269. The number of rotatable bonds is 4. The van der Waals surface area contributed by atoms with Gasteiger partial charge >= 0.3 is 0 Å². The summed E-state index contributed by atoms with van der Waals surface area (Å²) in [6.07, 6.45) is 4.98. The van der Waals surface area contributed by atoms with E-state index < -0.39 is 0 Å². The number of piperidine rings is 1. The fourth-order valence-electron chi connectivity index (χ4n) is 2.99. The standard InChI is InChI=1S/C18H21FN4O/c1-13(15-4-2-5-16(19)12-15)22-17(24)14-6-10-23(11-7-14)18-20-8-3-9-21-18/h2-5,8-9,12-14H,6-7,10-11H2,1H3,(H,22,24). The third-order valence-electron chi connectivity index (χ3n) is 4.41. The summed E-state index contributed by atoms with van der Waals surface area (Å²) in [6.45, 7) is 3.40. The van der Waals surface area contributed by atoms with Gasteiger partial charge in [-0.25, -0.2) is 14.4 Å². The van der Waals surface area contributed by atoms with Crippen molar-refractivity contribution in [2.24, 2.45) is 5.92 Å². The van der Waals surface area contributed by atoms with Gasteiger partial charge in [-0.05, 0) is 43.5 Å². The molecule has 0 radical (unpaired) electrons. The molecule has 1 aliphatic heterocycles. The van der Waals surface area contributed by atoms with Crippen LogP contribution in [-0.4, -0.2) is 29.0 Å². The second-order valence-electron chi connectivity index (χ2n) is 6.10. The van der Waals surface area contributed by atoms with E-state index in [2.05, 4.69) is 20.2 Å². The van der Waals surface area contributed by atoms with Gasteiger partial charge in [0.1, 0.15) is 5.82 Å². The monoisotopic (exact) mass is 328 g/mol. The van der Waals surface area contributed by atoms with Gasteiger partial charge in [0.15, 0.2) is 0 Å². The van der Waals surface area contributed by atoms with Crippen LogP contribution in [0.2, 0.25) is 0 Å². The Morgan fingerprint density at radius 1 is 1.25 bits per heavy atom. The summed E-state index contributed by atoms with van der Waals surface area (Å²) in [5.74, 6) is 0.426. The summed E-state index contributed by atoms with van der Waals surface area (Å²) in [4.78, 5) is 23.0.